The molecule has 6 aromatic carbocycles. The molecule has 0 nitrogen and oxygen atoms in total. The third-order valence-corrected chi connectivity index (χ3v) is 11.4. The van der Waals surface area contributed by atoms with Gasteiger partial charge in [0.05, 0.1) is 0 Å². The Morgan fingerprint density at radius 1 is 0.635 bits per heavy atom. The Morgan fingerprint density at radius 2 is 1.15 bits per heavy atom. The van der Waals surface area contributed by atoms with Gasteiger partial charge >= 0.3 is 166 Å². The third-order valence-electron chi connectivity index (χ3n) is 9.39. The van der Waals surface area contributed by atoms with Crippen LogP contribution in [0.25, 0.3) is 32.7 Å². The van der Waals surface area contributed by atoms with Gasteiger partial charge in [-0.15, -0.1) is 36.8 Å². The van der Waals surface area contributed by atoms with Crippen molar-refractivity contribution in [3.63, 3.8) is 0 Å². The van der Waals surface area contributed by atoms with Crippen LogP contribution in [-0.2, 0) is 41.5 Å². The Balaban J connectivity index is 0.000000199. The SMILES string of the molecule is CC(C)(C)c1c[c-]c2c(c1)-c1cc(C(C)(C)C)ccc1C2.Cl.Cl.Clc1ccc([C](=[Zr+2])c2ccc(Cl)c3ccccc23)c2ccccc12.[C-]1=CC=CC1. The summed E-state index contributed by atoms with van der Waals surface area (Å²) in [6, 6.07) is 39.9. The second kappa shape index (κ2) is 17.6. The minimum absolute atomic E-state index is 0. The zero-order valence-electron chi connectivity index (χ0n) is 30.5. The summed E-state index contributed by atoms with van der Waals surface area (Å²) in [5.74, 6) is 0. The molecular formula is C47H44Cl4Zr. The Hall–Kier alpha value is -2.77. The van der Waals surface area contributed by atoms with E-state index in [9.17, 15) is 0 Å². The normalized spacial score (nSPS) is 12.5. The van der Waals surface area contributed by atoms with Gasteiger partial charge in [0.1, 0.15) is 0 Å². The number of hydrogen-bond acceptors (Lipinski definition) is 0. The molecular weight excluding hydrogens is 798 g/mol. The van der Waals surface area contributed by atoms with Crippen LogP contribution < -0.4 is 0 Å². The molecule has 8 rings (SSSR count). The summed E-state index contributed by atoms with van der Waals surface area (Å²) < 4.78 is 1.31. The molecule has 0 atom stereocenters. The van der Waals surface area contributed by atoms with Crippen molar-refractivity contribution >= 4 is 72.8 Å². The van der Waals surface area contributed by atoms with Crippen LogP contribution in [0.15, 0.2) is 121 Å². The number of benzene rings is 6. The fraction of sp³-hybridized carbons (Fsp3) is 0.213. The molecule has 0 aliphatic heterocycles. The molecule has 52 heavy (non-hydrogen) atoms. The monoisotopic (exact) mass is 838 g/mol. The summed E-state index contributed by atoms with van der Waals surface area (Å²) in [6.45, 7) is 13.6. The fourth-order valence-electron chi connectivity index (χ4n) is 6.43. The predicted octanol–water partition coefficient (Wildman–Crippen LogP) is 14.2. The van der Waals surface area contributed by atoms with Crippen molar-refractivity contribution in [2.45, 2.75) is 65.2 Å². The smallest absolute Gasteiger partial charge is 0.109 e. The van der Waals surface area contributed by atoms with Crippen molar-refractivity contribution in [2.75, 3.05) is 0 Å². The Kier molecular flexibility index (Phi) is 14.2. The van der Waals surface area contributed by atoms with Crippen LogP contribution in [0.3, 0.4) is 0 Å². The third kappa shape index (κ3) is 9.29. The average Bonchev–Trinajstić information content (AvgIpc) is 3.80. The summed E-state index contributed by atoms with van der Waals surface area (Å²) in [6.07, 6.45) is 11.0. The van der Waals surface area contributed by atoms with E-state index in [-0.39, 0.29) is 35.6 Å². The van der Waals surface area contributed by atoms with E-state index in [0.717, 1.165) is 33.7 Å². The first-order chi connectivity index (χ1) is 23.8. The quantitative estimate of drug-likeness (QED) is 0.152. The summed E-state index contributed by atoms with van der Waals surface area (Å²) in [7, 11) is 0. The average molecular weight is 842 g/mol. The molecule has 0 heterocycles. The molecule has 2 aliphatic rings. The van der Waals surface area contributed by atoms with Crippen LogP contribution in [0, 0.1) is 12.1 Å². The maximum atomic E-state index is 6.38. The van der Waals surface area contributed by atoms with Crippen LogP contribution in [0.2, 0.25) is 10.0 Å². The largest absolute Gasteiger partial charge is 0.273 e. The van der Waals surface area contributed by atoms with Gasteiger partial charge in [-0.25, -0.2) is 12.2 Å². The molecule has 0 radical (unpaired) electrons. The molecule has 0 amide bonds. The molecule has 0 N–H and O–H groups in total. The van der Waals surface area contributed by atoms with E-state index in [0.29, 0.717) is 0 Å². The van der Waals surface area contributed by atoms with Gasteiger partial charge in [-0.05, 0) is 17.4 Å². The van der Waals surface area contributed by atoms with Gasteiger partial charge in [-0.1, -0.05) is 76.3 Å². The maximum absolute atomic E-state index is 6.38. The summed E-state index contributed by atoms with van der Waals surface area (Å²) in [4.78, 5) is 0. The first kappa shape index (κ1) is 42.0. The van der Waals surface area contributed by atoms with E-state index in [1.54, 1.807) is 0 Å². The number of halogens is 4. The number of allylic oxidation sites excluding steroid dienone is 4. The zero-order chi connectivity index (χ0) is 35.6. The topological polar surface area (TPSA) is 0 Å². The summed E-state index contributed by atoms with van der Waals surface area (Å²) in [5, 5.41) is 6.15. The molecule has 0 spiro atoms. The molecule has 0 saturated carbocycles. The second-order valence-corrected chi connectivity index (χ2v) is 17.0. The van der Waals surface area contributed by atoms with Gasteiger partial charge in [0.25, 0.3) is 0 Å². The summed E-state index contributed by atoms with van der Waals surface area (Å²) >= 11 is 14.1. The molecule has 0 unspecified atom stereocenters. The van der Waals surface area contributed by atoms with Crippen molar-refractivity contribution < 1.29 is 24.2 Å². The van der Waals surface area contributed by atoms with Gasteiger partial charge in [0.15, 0.2) is 0 Å². The number of rotatable bonds is 2. The first-order valence-electron chi connectivity index (χ1n) is 17.2. The molecule has 5 heteroatoms. The van der Waals surface area contributed by atoms with E-state index < -0.39 is 0 Å². The molecule has 0 fully saturated rings. The van der Waals surface area contributed by atoms with E-state index in [1.807, 2.05) is 36.4 Å². The Morgan fingerprint density at radius 3 is 1.62 bits per heavy atom. The van der Waals surface area contributed by atoms with Crippen LogP contribution in [0.4, 0.5) is 0 Å². The number of fused-ring (bicyclic) bond motifs is 5. The molecule has 2 aliphatic carbocycles. The standard InChI is InChI=1S/C21H12Cl2.C21H25.C5H5.2ClH.Zr/c22-20-11-9-14(16-5-1-3-7-18(16)20)13-15-10-12-21(23)19-8-4-2-6-17(15)19;1-20(2,3)16-9-7-14-11-15-8-10-17(21(4,5)6)13-19(15)18(14)12-16;1-2-4-5-3-1;;;/h1-12H;7,9-10,12-13H,11H2,1-6H3;1-3H,4H2;2*1H;/q;2*-1;;;+2. The second-order valence-electron chi connectivity index (χ2n) is 15.0. The molecule has 0 saturated heterocycles. The van der Waals surface area contributed by atoms with Crippen LogP contribution >= 0.6 is 48.0 Å². The maximum Gasteiger partial charge on any atom is -0.109 e. The van der Waals surface area contributed by atoms with Gasteiger partial charge in [0.2, 0.25) is 0 Å². The van der Waals surface area contributed by atoms with E-state index in [4.69, 9.17) is 23.2 Å². The molecule has 264 valence electrons. The number of hydrogen-bond donors (Lipinski definition) is 0. The Bertz CT molecular complexity index is 2120. The van der Waals surface area contributed by atoms with Gasteiger partial charge in [-0.3, -0.25) is 6.08 Å². The van der Waals surface area contributed by atoms with Crippen LogP contribution in [0.5, 0.6) is 0 Å². The van der Waals surface area contributed by atoms with E-state index >= 15 is 0 Å². The van der Waals surface area contributed by atoms with Crippen molar-refractivity contribution in [1.29, 1.82) is 0 Å². The minimum Gasteiger partial charge on any atom is -0.273 e. The molecule has 0 bridgehead atoms. The minimum atomic E-state index is 0. The Labute approximate surface area is 347 Å². The predicted molar refractivity (Wildman–Crippen MR) is 228 cm³/mol. The first-order valence-corrected chi connectivity index (χ1v) is 19.2. The van der Waals surface area contributed by atoms with E-state index in [2.05, 4.69) is 139 Å². The van der Waals surface area contributed by atoms with Gasteiger partial charge in [-0.2, -0.15) is 35.4 Å². The van der Waals surface area contributed by atoms with Crippen LogP contribution in [-0.4, -0.2) is 3.21 Å². The van der Waals surface area contributed by atoms with Crippen molar-refractivity contribution in [3.8, 4) is 11.1 Å². The van der Waals surface area contributed by atoms with Crippen molar-refractivity contribution in [3.05, 3.63) is 177 Å². The molecule has 6 aromatic rings. The molecule has 0 aromatic heterocycles. The van der Waals surface area contributed by atoms with E-state index in [1.165, 1.54) is 82.7 Å². The van der Waals surface area contributed by atoms with Gasteiger partial charge < -0.3 is 0 Å². The summed E-state index contributed by atoms with van der Waals surface area (Å²) in [5.41, 5.74) is 11.2. The van der Waals surface area contributed by atoms with Crippen LogP contribution in [0.1, 0.15) is 81.3 Å². The fourth-order valence-corrected chi connectivity index (χ4v) is 7.96. The van der Waals surface area contributed by atoms with Crippen molar-refractivity contribution in [1.82, 2.24) is 0 Å². The van der Waals surface area contributed by atoms with Crippen molar-refractivity contribution in [2.24, 2.45) is 0 Å². The zero-order valence-corrected chi connectivity index (χ0v) is 36.1. The van der Waals surface area contributed by atoms with Gasteiger partial charge in [0, 0.05) is 0 Å².